The van der Waals surface area contributed by atoms with Crippen LogP contribution >= 0.6 is 35.6 Å². The molecule has 1 saturated heterocycles. The van der Waals surface area contributed by atoms with Gasteiger partial charge in [0, 0.05) is 24.5 Å². The number of hydrogen-bond acceptors (Lipinski definition) is 4. The van der Waals surface area contributed by atoms with Crippen LogP contribution in [0.1, 0.15) is 24.8 Å². The van der Waals surface area contributed by atoms with Gasteiger partial charge in [0.1, 0.15) is 4.32 Å². The van der Waals surface area contributed by atoms with E-state index in [9.17, 15) is 9.59 Å². The van der Waals surface area contributed by atoms with Crippen LogP contribution in [0.25, 0.3) is 0 Å². The Balaban J connectivity index is 1.62. The van der Waals surface area contributed by atoms with E-state index in [4.69, 9.17) is 23.8 Å². The Morgan fingerprint density at radius 1 is 1.41 bits per heavy atom. The molecule has 1 aromatic rings. The van der Waals surface area contributed by atoms with Crippen molar-refractivity contribution >= 4 is 51.7 Å². The highest BCUT2D eigenvalue weighted by molar-refractivity contribution is 8.23. The second kappa shape index (κ2) is 8.50. The Labute approximate surface area is 144 Å². The number of thiocarbonyl (C=S) groups is 1. The SMILES string of the molecule is O=C(CCCCN1C(=O)CSC1=S)NCc1cccc(Cl)c1. The van der Waals surface area contributed by atoms with Crippen molar-refractivity contribution in [1.29, 1.82) is 0 Å². The molecule has 1 fully saturated rings. The highest BCUT2D eigenvalue weighted by Gasteiger charge is 2.25. The van der Waals surface area contributed by atoms with Crippen molar-refractivity contribution in [1.82, 2.24) is 10.2 Å². The second-order valence-electron chi connectivity index (χ2n) is 4.96. The Bertz CT molecular complexity index is 564. The summed E-state index contributed by atoms with van der Waals surface area (Å²) < 4.78 is 0.649. The smallest absolute Gasteiger partial charge is 0.238 e. The van der Waals surface area contributed by atoms with Crippen LogP contribution in [0.3, 0.4) is 0 Å². The molecule has 118 valence electrons. The first-order valence-electron chi connectivity index (χ1n) is 7.04. The van der Waals surface area contributed by atoms with E-state index in [0.29, 0.717) is 34.6 Å². The summed E-state index contributed by atoms with van der Waals surface area (Å²) in [5, 5.41) is 3.53. The number of benzene rings is 1. The maximum atomic E-state index is 11.8. The first kappa shape index (κ1) is 17.2. The topological polar surface area (TPSA) is 49.4 Å². The summed E-state index contributed by atoms with van der Waals surface area (Å²) in [7, 11) is 0. The monoisotopic (exact) mass is 356 g/mol. The van der Waals surface area contributed by atoms with E-state index in [1.54, 1.807) is 11.0 Å². The summed E-state index contributed by atoms with van der Waals surface area (Å²) in [5.74, 6) is 0.518. The van der Waals surface area contributed by atoms with Gasteiger partial charge in [-0.25, -0.2) is 0 Å². The fourth-order valence-corrected chi connectivity index (χ4v) is 3.42. The molecule has 0 spiro atoms. The van der Waals surface area contributed by atoms with Crippen molar-refractivity contribution in [3.63, 3.8) is 0 Å². The zero-order valence-electron chi connectivity index (χ0n) is 12.0. The maximum absolute atomic E-state index is 11.8. The van der Waals surface area contributed by atoms with Gasteiger partial charge in [-0.1, -0.05) is 47.7 Å². The van der Waals surface area contributed by atoms with Crippen molar-refractivity contribution < 1.29 is 9.59 Å². The number of amides is 2. The number of rotatable bonds is 7. The molecule has 1 heterocycles. The molecule has 1 aromatic carbocycles. The quantitative estimate of drug-likeness (QED) is 0.602. The third-order valence-corrected chi connectivity index (χ3v) is 4.92. The lowest BCUT2D eigenvalue weighted by molar-refractivity contribution is -0.124. The predicted molar refractivity (Wildman–Crippen MR) is 93.9 cm³/mol. The molecule has 2 amide bonds. The molecule has 0 aromatic heterocycles. The first-order valence-corrected chi connectivity index (χ1v) is 8.81. The molecule has 0 bridgehead atoms. The van der Waals surface area contributed by atoms with E-state index in [2.05, 4.69) is 5.32 Å². The van der Waals surface area contributed by atoms with Gasteiger partial charge in [-0.2, -0.15) is 0 Å². The van der Waals surface area contributed by atoms with Crippen LogP contribution in [0.15, 0.2) is 24.3 Å². The number of nitrogens with one attached hydrogen (secondary N) is 1. The predicted octanol–water partition coefficient (Wildman–Crippen LogP) is 2.99. The molecule has 0 aliphatic carbocycles. The van der Waals surface area contributed by atoms with E-state index >= 15 is 0 Å². The lowest BCUT2D eigenvalue weighted by atomic mass is 10.2. The van der Waals surface area contributed by atoms with Gasteiger partial charge >= 0.3 is 0 Å². The Kier molecular flexibility index (Phi) is 6.67. The Hall–Kier alpha value is -1.11. The number of unbranched alkanes of at least 4 members (excludes halogenated alkanes) is 1. The van der Waals surface area contributed by atoms with Crippen LogP contribution in [0.5, 0.6) is 0 Å². The number of hydrogen-bond donors (Lipinski definition) is 1. The molecule has 0 unspecified atom stereocenters. The van der Waals surface area contributed by atoms with E-state index in [-0.39, 0.29) is 11.8 Å². The summed E-state index contributed by atoms with van der Waals surface area (Å²) in [6, 6.07) is 7.41. The van der Waals surface area contributed by atoms with Crippen LogP contribution < -0.4 is 5.32 Å². The van der Waals surface area contributed by atoms with Crippen LogP contribution in [-0.2, 0) is 16.1 Å². The second-order valence-corrected chi connectivity index (χ2v) is 7.01. The van der Waals surface area contributed by atoms with Crippen LogP contribution in [0.2, 0.25) is 5.02 Å². The van der Waals surface area contributed by atoms with Gasteiger partial charge in [0.15, 0.2) is 0 Å². The molecular weight excluding hydrogens is 340 g/mol. The standard InChI is InChI=1S/C15H17ClN2O2S2/c16-12-5-3-4-11(8-12)9-17-13(19)6-1-2-7-18-14(20)10-22-15(18)21/h3-5,8H,1-2,6-7,9-10H2,(H,17,19). The van der Waals surface area contributed by atoms with Gasteiger partial charge in [-0.15, -0.1) is 0 Å². The first-order chi connectivity index (χ1) is 10.6. The molecule has 7 heteroatoms. The zero-order chi connectivity index (χ0) is 15.9. The molecule has 1 N–H and O–H groups in total. The van der Waals surface area contributed by atoms with Crippen molar-refractivity contribution in [3.8, 4) is 0 Å². The van der Waals surface area contributed by atoms with Crippen molar-refractivity contribution in [2.24, 2.45) is 0 Å². The van der Waals surface area contributed by atoms with Gasteiger partial charge in [0.2, 0.25) is 11.8 Å². The Morgan fingerprint density at radius 2 is 2.23 bits per heavy atom. The third kappa shape index (κ3) is 5.26. The molecule has 22 heavy (non-hydrogen) atoms. The number of thioether (sulfide) groups is 1. The van der Waals surface area contributed by atoms with Crippen molar-refractivity contribution in [3.05, 3.63) is 34.9 Å². The molecule has 4 nitrogen and oxygen atoms in total. The van der Waals surface area contributed by atoms with Crippen LogP contribution in [-0.4, -0.2) is 33.3 Å². The summed E-state index contributed by atoms with van der Waals surface area (Å²) in [5.41, 5.74) is 0.978. The molecule has 2 rings (SSSR count). The molecule has 1 aliphatic rings. The summed E-state index contributed by atoms with van der Waals surface area (Å²) in [6.07, 6.45) is 1.96. The minimum atomic E-state index is 0.00433. The van der Waals surface area contributed by atoms with E-state index < -0.39 is 0 Å². The van der Waals surface area contributed by atoms with Gasteiger partial charge in [0.25, 0.3) is 0 Å². The average molecular weight is 357 g/mol. The molecule has 0 radical (unpaired) electrons. The summed E-state index contributed by atoms with van der Waals surface area (Å²) >= 11 is 12.4. The lowest BCUT2D eigenvalue weighted by Gasteiger charge is -2.14. The van der Waals surface area contributed by atoms with Crippen LogP contribution in [0.4, 0.5) is 0 Å². The third-order valence-electron chi connectivity index (χ3n) is 3.25. The van der Waals surface area contributed by atoms with Gasteiger partial charge in [0.05, 0.1) is 5.75 Å². The Morgan fingerprint density at radius 3 is 2.91 bits per heavy atom. The maximum Gasteiger partial charge on any atom is 0.238 e. The van der Waals surface area contributed by atoms with E-state index in [0.717, 1.165) is 18.4 Å². The largest absolute Gasteiger partial charge is 0.352 e. The fraction of sp³-hybridized carbons (Fsp3) is 0.400. The van der Waals surface area contributed by atoms with E-state index in [1.165, 1.54) is 11.8 Å². The highest BCUT2D eigenvalue weighted by atomic mass is 35.5. The lowest BCUT2D eigenvalue weighted by Crippen LogP contribution is -2.29. The number of nitrogens with zero attached hydrogens (tertiary/aromatic N) is 1. The minimum absolute atomic E-state index is 0.00433. The van der Waals surface area contributed by atoms with Crippen molar-refractivity contribution in [2.75, 3.05) is 12.3 Å². The fourth-order valence-electron chi connectivity index (χ4n) is 2.09. The van der Waals surface area contributed by atoms with Crippen molar-refractivity contribution in [2.45, 2.75) is 25.8 Å². The number of carbonyl (C=O) groups is 2. The zero-order valence-corrected chi connectivity index (χ0v) is 14.4. The normalized spacial score (nSPS) is 14.5. The summed E-state index contributed by atoms with van der Waals surface area (Å²) in [4.78, 5) is 24.9. The molecule has 0 atom stereocenters. The van der Waals surface area contributed by atoms with Gasteiger partial charge < -0.3 is 5.32 Å². The average Bonchev–Trinajstić information content (AvgIpc) is 2.81. The number of halogens is 1. The van der Waals surface area contributed by atoms with Crippen LogP contribution in [0, 0.1) is 0 Å². The number of carbonyl (C=O) groups excluding carboxylic acids is 2. The summed E-state index contributed by atoms with van der Waals surface area (Å²) in [6.45, 7) is 1.08. The van der Waals surface area contributed by atoms with Gasteiger partial charge in [-0.3, -0.25) is 14.5 Å². The molecular formula is C15H17ClN2O2S2. The molecule has 0 saturated carbocycles. The molecule has 1 aliphatic heterocycles. The van der Waals surface area contributed by atoms with Gasteiger partial charge in [-0.05, 0) is 30.5 Å². The minimum Gasteiger partial charge on any atom is -0.352 e. The van der Waals surface area contributed by atoms with E-state index in [1.807, 2.05) is 18.2 Å². The highest BCUT2D eigenvalue weighted by Crippen LogP contribution is 2.19.